The van der Waals surface area contributed by atoms with E-state index in [1.807, 2.05) is 18.2 Å². The Bertz CT molecular complexity index is 319. The third kappa shape index (κ3) is 2.84. The lowest BCUT2D eigenvalue weighted by molar-refractivity contribution is 0.193. The van der Waals surface area contributed by atoms with Crippen LogP contribution in [0.15, 0.2) is 24.3 Å². The summed E-state index contributed by atoms with van der Waals surface area (Å²) >= 11 is 0. The van der Waals surface area contributed by atoms with Gasteiger partial charge in [-0.2, -0.15) is 0 Å². The van der Waals surface area contributed by atoms with Crippen molar-refractivity contribution in [2.75, 3.05) is 13.7 Å². The molecule has 4 heteroatoms. The zero-order valence-electron chi connectivity index (χ0n) is 8.64. The second kappa shape index (κ2) is 5.35. The lowest BCUT2D eigenvalue weighted by Gasteiger charge is -2.11. The predicted molar refractivity (Wildman–Crippen MR) is 61.6 cm³/mol. The molecule has 0 amide bonds. The molecular formula is C11H16ClNO2. The summed E-state index contributed by atoms with van der Waals surface area (Å²) in [4.78, 5) is 0. The minimum Gasteiger partial charge on any atom is -0.497 e. The van der Waals surface area contributed by atoms with E-state index in [4.69, 9.17) is 4.74 Å². The fourth-order valence-corrected chi connectivity index (χ4v) is 1.83. The van der Waals surface area contributed by atoms with Crippen molar-refractivity contribution < 1.29 is 9.84 Å². The summed E-state index contributed by atoms with van der Waals surface area (Å²) in [5.41, 5.74) is 1.18. The Morgan fingerprint density at radius 1 is 1.47 bits per heavy atom. The molecule has 15 heavy (non-hydrogen) atoms. The van der Waals surface area contributed by atoms with Crippen LogP contribution in [0.3, 0.4) is 0 Å². The molecule has 1 aliphatic rings. The van der Waals surface area contributed by atoms with E-state index in [1.54, 1.807) is 7.11 Å². The van der Waals surface area contributed by atoms with Gasteiger partial charge < -0.3 is 15.2 Å². The zero-order valence-corrected chi connectivity index (χ0v) is 9.46. The van der Waals surface area contributed by atoms with Crippen molar-refractivity contribution in [3.8, 4) is 5.75 Å². The van der Waals surface area contributed by atoms with Crippen molar-refractivity contribution in [2.45, 2.75) is 18.6 Å². The van der Waals surface area contributed by atoms with Crippen LogP contribution in [0, 0.1) is 0 Å². The number of ether oxygens (including phenoxy) is 1. The van der Waals surface area contributed by atoms with Gasteiger partial charge in [0.05, 0.1) is 13.2 Å². The summed E-state index contributed by atoms with van der Waals surface area (Å²) in [5, 5.41) is 12.7. The van der Waals surface area contributed by atoms with Crippen LogP contribution in [0.4, 0.5) is 0 Å². The lowest BCUT2D eigenvalue weighted by Crippen LogP contribution is -2.14. The number of β-amino-alcohol motifs (C(OH)–C–C–N with tert-alkyl or cyclic N) is 1. The van der Waals surface area contributed by atoms with Gasteiger partial charge in [-0.15, -0.1) is 12.4 Å². The van der Waals surface area contributed by atoms with Crippen LogP contribution in [-0.2, 0) is 0 Å². The number of halogens is 1. The molecule has 1 saturated heterocycles. The maximum absolute atomic E-state index is 9.39. The fraction of sp³-hybridized carbons (Fsp3) is 0.455. The van der Waals surface area contributed by atoms with Crippen molar-refractivity contribution in [3.05, 3.63) is 29.8 Å². The van der Waals surface area contributed by atoms with E-state index in [1.165, 1.54) is 5.56 Å². The highest BCUT2D eigenvalue weighted by atomic mass is 35.5. The standard InChI is InChI=1S/C11H15NO2.ClH/c1-14-10-4-2-3-8(5-10)11-6-9(13)7-12-11;/h2-5,9,11-13H,6-7H2,1H3;1H. The average Bonchev–Trinajstić information content (AvgIpc) is 2.65. The molecule has 3 nitrogen and oxygen atoms in total. The molecule has 0 bridgehead atoms. The molecular weight excluding hydrogens is 214 g/mol. The quantitative estimate of drug-likeness (QED) is 0.808. The normalized spacial score (nSPS) is 24.7. The average molecular weight is 230 g/mol. The minimum absolute atomic E-state index is 0. The van der Waals surface area contributed by atoms with Crippen LogP contribution in [0.1, 0.15) is 18.0 Å². The Labute approximate surface area is 95.9 Å². The van der Waals surface area contributed by atoms with E-state index in [-0.39, 0.29) is 24.6 Å². The number of rotatable bonds is 2. The third-order valence-corrected chi connectivity index (χ3v) is 2.60. The number of hydrogen-bond donors (Lipinski definition) is 2. The van der Waals surface area contributed by atoms with Gasteiger partial charge in [0.1, 0.15) is 5.75 Å². The molecule has 0 saturated carbocycles. The third-order valence-electron chi connectivity index (χ3n) is 2.60. The molecule has 84 valence electrons. The second-order valence-corrected chi connectivity index (χ2v) is 3.63. The number of nitrogens with one attached hydrogen (secondary N) is 1. The maximum Gasteiger partial charge on any atom is 0.119 e. The monoisotopic (exact) mass is 229 g/mol. The van der Waals surface area contributed by atoms with E-state index in [0.29, 0.717) is 6.54 Å². The maximum atomic E-state index is 9.39. The number of benzene rings is 1. The Morgan fingerprint density at radius 3 is 2.87 bits per heavy atom. The van der Waals surface area contributed by atoms with Crippen molar-refractivity contribution in [3.63, 3.8) is 0 Å². The summed E-state index contributed by atoms with van der Waals surface area (Å²) in [6, 6.07) is 8.23. The molecule has 1 heterocycles. The number of hydrogen-bond acceptors (Lipinski definition) is 3. The van der Waals surface area contributed by atoms with Crippen LogP contribution in [0.2, 0.25) is 0 Å². The second-order valence-electron chi connectivity index (χ2n) is 3.63. The first-order chi connectivity index (χ1) is 6.79. The molecule has 1 aromatic rings. The van der Waals surface area contributed by atoms with Crippen molar-refractivity contribution >= 4 is 12.4 Å². The molecule has 0 aliphatic carbocycles. The largest absolute Gasteiger partial charge is 0.497 e. The van der Waals surface area contributed by atoms with Gasteiger partial charge in [-0.1, -0.05) is 12.1 Å². The molecule has 0 spiro atoms. The van der Waals surface area contributed by atoms with Gasteiger partial charge in [0, 0.05) is 12.6 Å². The SMILES string of the molecule is COc1cccc(C2CC(O)CN2)c1.Cl. The summed E-state index contributed by atoms with van der Waals surface area (Å²) in [5.74, 6) is 0.866. The van der Waals surface area contributed by atoms with Crippen LogP contribution >= 0.6 is 12.4 Å². The van der Waals surface area contributed by atoms with Crippen molar-refractivity contribution in [1.82, 2.24) is 5.32 Å². The molecule has 0 aromatic heterocycles. The van der Waals surface area contributed by atoms with Gasteiger partial charge in [-0.05, 0) is 24.1 Å². The molecule has 2 N–H and O–H groups in total. The van der Waals surface area contributed by atoms with E-state index < -0.39 is 0 Å². The topological polar surface area (TPSA) is 41.5 Å². The lowest BCUT2D eigenvalue weighted by atomic mass is 10.0. The Balaban J connectivity index is 0.00000112. The molecule has 1 aliphatic heterocycles. The highest BCUT2D eigenvalue weighted by molar-refractivity contribution is 5.85. The predicted octanol–water partition coefficient (Wildman–Crippen LogP) is 1.51. The minimum atomic E-state index is -0.216. The molecule has 2 rings (SSSR count). The van der Waals surface area contributed by atoms with Crippen molar-refractivity contribution in [2.24, 2.45) is 0 Å². The van der Waals surface area contributed by atoms with E-state index in [0.717, 1.165) is 12.2 Å². The number of aliphatic hydroxyl groups is 1. The van der Waals surface area contributed by atoms with Crippen molar-refractivity contribution in [1.29, 1.82) is 0 Å². The summed E-state index contributed by atoms with van der Waals surface area (Å²) in [6.07, 6.45) is 0.568. The highest BCUT2D eigenvalue weighted by Crippen LogP contribution is 2.25. The van der Waals surface area contributed by atoms with E-state index in [2.05, 4.69) is 11.4 Å². The van der Waals surface area contributed by atoms with Crippen LogP contribution in [-0.4, -0.2) is 24.9 Å². The van der Waals surface area contributed by atoms with Gasteiger partial charge in [0.2, 0.25) is 0 Å². The molecule has 2 atom stereocenters. The molecule has 2 unspecified atom stereocenters. The number of methoxy groups -OCH3 is 1. The van der Waals surface area contributed by atoms with E-state index >= 15 is 0 Å². The van der Waals surface area contributed by atoms with Gasteiger partial charge in [-0.3, -0.25) is 0 Å². The summed E-state index contributed by atoms with van der Waals surface area (Å²) in [6.45, 7) is 0.682. The molecule has 1 aromatic carbocycles. The first-order valence-corrected chi connectivity index (χ1v) is 4.85. The number of aliphatic hydroxyl groups excluding tert-OH is 1. The summed E-state index contributed by atoms with van der Waals surface area (Å²) < 4.78 is 5.15. The van der Waals surface area contributed by atoms with Crippen LogP contribution in [0.25, 0.3) is 0 Å². The Hall–Kier alpha value is -0.770. The molecule has 0 radical (unpaired) electrons. The van der Waals surface area contributed by atoms with Crippen LogP contribution in [0.5, 0.6) is 5.75 Å². The zero-order chi connectivity index (χ0) is 9.97. The van der Waals surface area contributed by atoms with Gasteiger partial charge in [0.25, 0.3) is 0 Å². The molecule has 1 fully saturated rings. The first kappa shape index (κ1) is 12.3. The summed E-state index contributed by atoms with van der Waals surface area (Å²) in [7, 11) is 1.66. The highest BCUT2D eigenvalue weighted by Gasteiger charge is 2.23. The Morgan fingerprint density at radius 2 is 2.27 bits per heavy atom. The fourth-order valence-electron chi connectivity index (χ4n) is 1.83. The Kier molecular flexibility index (Phi) is 4.39. The first-order valence-electron chi connectivity index (χ1n) is 4.85. The van der Waals surface area contributed by atoms with E-state index in [9.17, 15) is 5.11 Å². The van der Waals surface area contributed by atoms with Crippen LogP contribution < -0.4 is 10.1 Å². The van der Waals surface area contributed by atoms with Gasteiger partial charge in [-0.25, -0.2) is 0 Å². The van der Waals surface area contributed by atoms with Gasteiger partial charge in [0.15, 0.2) is 0 Å². The van der Waals surface area contributed by atoms with Gasteiger partial charge >= 0.3 is 0 Å². The smallest absolute Gasteiger partial charge is 0.119 e.